The average Bonchev–Trinajstić information content (AvgIpc) is 2.83. The Hall–Kier alpha value is -0.970. The van der Waals surface area contributed by atoms with Crippen molar-refractivity contribution in [3.8, 4) is 0 Å². The van der Waals surface area contributed by atoms with Crippen LogP contribution in [0, 0.1) is 16.7 Å². The second-order valence-electron chi connectivity index (χ2n) is 3.57. The molecule has 0 aromatic carbocycles. The lowest BCUT2D eigenvalue weighted by molar-refractivity contribution is 0.596. The lowest BCUT2D eigenvalue weighted by Gasteiger charge is -2.16. The fraction of sp³-hybridized carbons (Fsp3) is 0.750. The van der Waals surface area contributed by atoms with Crippen molar-refractivity contribution >= 4 is 24.3 Å². The molecule has 0 atom stereocenters. The van der Waals surface area contributed by atoms with Crippen LogP contribution in [0.3, 0.4) is 0 Å². The summed E-state index contributed by atoms with van der Waals surface area (Å²) in [5.41, 5.74) is 0. The molecule has 0 saturated heterocycles. The standard InChI is InChI=1S/C8H17N5.ClH/c1-13(2)8(10)12-7(9)11-5-6-3-4-6;/h6H,3-5H2,1-2H3,(H4,9,10,11,12);1H. The Balaban J connectivity index is 0.00000169. The van der Waals surface area contributed by atoms with Gasteiger partial charge in [0, 0.05) is 20.6 Å². The summed E-state index contributed by atoms with van der Waals surface area (Å²) in [5.74, 6) is 1.19. The number of nitrogens with zero attached hydrogens (tertiary/aromatic N) is 1. The van der Waals surface area contributed by atoms with E-state index in [9.17, 15) is 0 Å². The molecule has 0 aromatic rings. The second kappa shape index (κ2) is 5.70. The van der Waals surface area contributed by atoms with Gasteiger partial charge < -0.3 is 10.2 Å². The fourth-order valence-electron chi connectivity index (χ4n) is 0.843. The molecule has 1 aliphatic carbocycles. The highest BCUT2D eigenvalue weighted by atomic mass is 35.5. The van der Waals surface area contributed by atoms with Gasteiger partial charge in [-0.1, -0.05) is 0 Å². The van der Waals surface area contributed by atoms with E-state index in [1.807, 2.05) is 0 Å². The minimum Gasteiger partial charge on any atom is -0.356 e. The number of halogens is 1. The molecule has 4 N–H and O–H groups in total. The summed E-state index contributed by atoms with van der Waals surface area (Å²) in [6.07, 6.45) is 2.54. The van der Waals surface area contributed by atoms with E-state index in [0.29, 0.717) is 0 Å². The molecule has 1 aliphatic rings. The number of nitrogens with one attached hydrogen (secondary N) is 4. The first-order valence-electron chi connectivity index (χ1n) is 4.45. The van der Waals surface area contributed by atoms with Crippen molar-refractivity contribution in [3.05, 3.63) is 0 Å². The van der Waals surface area contributed by atoms with E-state index in [1.165, 1.54) is 12.8 Å². The predicted molar refractivity (Wildman–Crippen MR) is 60.3 cm³/mol. The van der Waals surface area contributed by atoms with Gasteiger partial charge in [-0.3, -0.25) is 16.1 Å². The normalized spacial score (nSPS) is 13.9. The van der Waals surface area contributed by atoms with Crippen LogP contribution >= 0.6 is 12.4 Å². The van der Waals surface area contributed by atoms with Crippen molar-refractivity contribution in [2.24, 2.45) is 5.92 Å². The summed E-state index contributed by atoms with van der Waals surface area (Å²) in [7, 11) is 3.53. The van der Waals surface area contributed by atoms with Gasteiger partial charge in [0.15, 0.2) is 11.9 Å². The summed E-state index contributed by atoms with van der Waals surface area (Å²) in [4.78, 5) is 1.62. The molecule has 82 valence electrons. The predicted octanol–water partition coefficient (Wildman–Crippen LogP) is 0.429. The zero-order valence-electron chi connectivity index (χ0n) is 8.55. The molecule has 1 fully saturated rings. The van der Waals surface area contributed by atoms with Gasteiger partial charge in [-0.05, 0) is 18.8 Å². The lowest BCUT2D eigenvalue weighted by Crippen LogP contribution is -2.45. The maximum atomic E-state index is 7.44. The minimum atomic E-state index is 0. The number of guanidine groups is 2. The van der Waals surface area contributed by atoms with Crippen LogP contribution in [0.25, 0.3) is 0 Å². The Labute approximate surface area is 90.7 Å². The molecule has 0 aliphatic heterocycles. The maximum Gasteiger partial charge on any atom is 0.197 e. The third kappa shape index (κ3) is 4.91. The summed E-state index contributed by atoms with van der Waals surface area (Å²) >= 11 is 0. The zero-order valence-corrected chi connectivity index (χ0v) is 9.37. The molecule has 0 amide bonds. The second-order valence-corrected chi connectivity index (χ2v) is 3.57. The van der Waals surface area contributed by atoms with Gasteiger partial charge in [-0.2, -0.15) is 0 Å². The van der Waals surface area contributed by atoms with Crippen molar-refractivity contribution in [1.82, 2.24) is 15.5 Å². The molecule has 0 unspecified atom stereocenters. The Morgan fingerprint density at radius 3 is 2.36 bits per heavy atom. The smallest absolute Gasteiger partial charge is 0.197 e. The SMILES string of the molecule is CN(C)C(=N)NC(=N)NCC1CC1.Cl. The number of hydrogen-bond acceptors (Lipinski definition) is 2. The molecule has 14 heavy (non-hydrogen) atoms. The molecule has 0 radical (unpaired) electrons. The molecule has 6 heteroatoms. The summed E-state index contributed by atoms with van der Waals surface area (Å²) in [6.45, 7) is 0.854. The molecule has 0 heterocycles. The minimum absolute atomic E-state index is 0. The first-order valence-corrected chi connectivity index (χ1v) is 4.45. The maximum absolute atomic E-state index is 7.44. The zero-order chi connectivity index (χ0) is 9.84. The van der Waals surface area contributed by atoms with Gasteiger partial charge in [0.05, 0.1) is 0 Å². The summed E-state index contributed by atoms with van der Waals surface area (Å²) in [5, 5.41) is 20.4. The van der Waals surface area contributed by atoms with E-state index in [-0.39, 0.29) is 24.3 Å². The van der Waals surface area contributed by atoms with Crippen molar-refractivity contribution in [1.29, 1.82) is 10.8 Å². The van der Waals surface area contributed by atoms with Gasteiger partial charge >= 0.3 is 0 Å². The van der Waals surface area contributed by atoms with Crippen molar-refractivity contribution in [3.63, 3.8) is 0 Å². The van der Waals surface area contributed by atoms with Gasteiger partial charge in [0.2, 0.25) is 0 Å². The Morgan fingerprint density at radius 1 is 1.36 bits per heavy atom. The highest BCUT2D eigenvalue weighted by molar-refractivity contribution is 5.95. The van der Waals surface area contributed by atoms with Crippen molar-refractivity contribution in [2.75, 3.05) is 20.6 Å². The molecule has 0 spiro atoms. The van der Waals surface area contributed by atoms with E-state index in [2.05, 4.69) is 10.6 Å². The van der Waals surface area contributed by atoms with E-state index in [0.717, 1.165) is 12.5 Å². The van der Waals surface area contributed by atoms with Crippen molar-refractivity contribution < 1.29 is 0 Å². The van der Waals surface area contributed by atoms with Crippen LogP contribution < -0.4 is 10.6 Å². The molecule has 5 nitrogen and oxygen atoms in total. The van der Waals surface area contributed by atoms with E-state index in [4.69, 9.17) is 10.8 Å². The van der Waals surface area contributed by atoms with Gasteiger partial charge in [0.1, 0.15) is 0 Å². The molecular formula is C8H18ClN5. The van der Waals surface area contributed by atoms with E-state index < -0.39 is 0 Å². The highest BCUT2D eigenvalue weighted by Gasteiger charge is 2.20. The van der Waals surface area contributed by atoms with Gasteiger partial charge in [-0.25, -0.2) is 0 Å². The summed E-state index contributed by atoms with van der Waals surface area (Å²) < 4.78 is 0. The first-order chi connectivity index (χ1) is 6.09. The quantitative estimate of drug-likeness (QED) is 0.402. The first kappa shape index (κ1) is 13.0. The third-order valence-electron chi connectivity index (χ3n) is 1.96. The van der Waals surface area contributed by atoms with Crippen LogP contribution in [0.4, 0.5) is 0 Å². The average molecular weight is 220 g/mol. The molecule has 0 bridgehead atoms. The molecule has 1 rings (SSSR count). The van der Waals surface area contributed by atoms with Crippen LogP contribution in [-0.2, 0) is 0 Å². The number of rotatable bonds is 2. The van der Waals surface area contributed by atoms with Crippen molar-refractivity contribution in [2.45, 2.75) is 12.8 Å². The third-order valence-corrected chi connectivity index (χ3v) is 1.96. The Kier molecular flexibility index (Phi) is 5.30. The van der Waals surface area contributed by atoms with Crippen LogP contribution in [0.1, 0.15) is 12.8 Å². The van der Waals surface area contributed by atoms with Crippen LogP contribution in [-0.4, -0.2) is 37.5 Å². The van der Waals surface area contributed by atoms with E-state index in [1.54, 1.807) is 19.0 Å². The topological polar surface area (TPSA) is 75.0 Å². The molecular weight excluding hydrogens is 202 g/mol. The van der Waals surface area contributed by atoms with Crippen LogP contribution in [0.15, 0.2) is 0 Å². The van der Waals surface area contributed by atoms with Gasteiger partial charge in [0.25, 0.3) is 0 Å². The molecule has 0 aromatic heterocycles. The van der Waals surface area contributed by atoms with Crippen LogP contribution in [0.2, 0.25) is 0 Å². The molecule has 1 saturated carbocycles. The monoisotopic (exact) mass is 219 g/mol. The summed E-state index contributed by atoms with van der Waals surface area (Å²) in [6, 6.07) is 0. The van der Waals surface area contributed by atoms with Gasteiger partial charge in [-0.15, -0.1) is 12.4 Å². The lowest BCUT2D eigenvalue weighted by atomic mass is 10.4. The Bertz CT molecular complexity index is 212. The van der Waals surface area contributed by atoms with Crippen LogP contribution in [0.5, 0.6) is 0 Å². The fourth-order valence-corrected chi connectivity index (χ4v) is 0.843. The number of hydrogen-bond donors (Lipinski definition) is 4. The Morgan fingerprint density at radius 2 is 1.93 bits per heavy atom. The largest absolute Gasteiger partial charge is 0.356 e. The van der Waals surface area contributed by atoms with E-state index >= 15 is 0 Å². The highest BCUT2D eigenvalue weighted by Crippen LogP contribution is 2.27.